The monoisotopic (exact) mass is 446 g/mol. The van der Waals surface area contributed by atoms with Gasteiger partial charge in [0.25, 0.3) is 10.0 Å². The van der Waals surface area contributed by atoms with Gasteiger partial charge in [-0.3, -0.25) is 4.72 Å². The number of rotatable bonds is 4. The van der Waals surface area contributed by atoms with Crippen LogP contribution in [0.25, 0.3) is 22.4 Å². The van der Waals surface area contributed by atoms with Gasteiger partial charge in [0.1, 0.15) is 27.9 Å². The van der Waals surface area contributed by atoms with Crippen LogP contribution >= 0.6 is 0 Å². The molecule has 2 aromatic carbocycles. The van der Waals surface area contributed by atoms with E-state index in [9.17, 15) is 17.2 Å². The number of aryl methyl sites for hydroxylation is 1. The molecule has 3 heterocycles. The molecule has 5 rings (SSSR count). The molecule has 0 saturated carbocycles. The summed E-state index contributed by atoms with van der Waals surface area (Å²) in [4.78, 5) is -0.243. The van der Waals surface area contributed by atoms with Crippen LogP contribution in [0.3, 0.4) is 0 Å². The fraction of sp³-hybridized carbons (Fsp3) is 0.263. The molecular formula is C19H16F2N6O3S. The lowest BCUT2D eigenvalue weighted by Crippen LogP contribution is -2.15. The van der Waals surface area contributed by atoms with E-state index in [1.54, 1.807) is 4.57 Å². The maximum atomic E-state index is 14.7. The second kappa shape index (κ2) is 7.38. The highest BCUT2D eigenvalue weighted by Crippen LogP contribution is 2.31. The summed E-state index contributed by atoms with van der Waals surface area (Å²) in [6.45, 7) is 0.608. The summed E-state index contributed by atoms with van der Waals surface area (Å²) in [5.74, 6) is -0.963. The van der Waals surface area contributed by atoms with Crippen molar-refractivity contribution in [2.75, 3.05) is 4.72 Å². The number of anilines is 1. The molecule has 0 aliphatic carbocycles. The van der Waals surface area contributed by atoms with E-state index in [4.69, 9.17) is 0 Å². The Labute approximate surface area is 175 Å². The molecule has 0 radical (unpaired) electrons. The Morgan fingerprint density at radius 3 is 2.77 bits per heavy atom. The Morgan fingerprint density at radius 1 is 1.03 bits per heavy atom. The van der Waals surface area contributed by atoms with Crippen LogP contribution in [0, 0.1) is 11.6 Å². The maximum Gasteiger partial charge on any atom is 0.264 e. The normalized spacial score (nSPS) is 14.4. The summed E-state index contributed by atoms with van der Waals surface area (Å²) in [6.07, 6.45) is 3.57. The lowest BCUT2D eigenvalue weighted by molar-refractivity contribution is 0.315. The first-order valence-electron chi connectivity index (χ1n) is 9.59. The van der Waals surface area contributed by atoms with Gasteiger partial charge >= 0.3 is 0 Å². The molecule has 1 N–H and O–H groups in total. The van der Waals surface area contributed by atoms with Crippen molar-refractivity contribution in [2.45, 2.75) is 37.1 Å². The number of nitrogens with one attached hydrogen (secondary N) is 1. The molecule has 4 aromatic rings. The average Bonchev–Trinajstić information content (AvgIpc) is 3.30. The maximum absolute atomic E-state index is 14.7. The van der Waals surface area contributed by atoms with Crippen LogP contribution in [0.15, 0.2) is 39.9 Å². The van der Waals surface area contributed by atoms with E-state index in [2.05, 4.69) is 29.9 Å². The summed E-state index contributed by atoms with van der Waals surface area (Å²) in [5, 5.41) is 15.4. The van der Waals surface area contributed by atoms with E-state index in [0.717, 1.165) is 31.2 Å². The van der Waals surface area contributed by atoms with Crippen molar-refractivity contribution in [1.29, 1.82) is 0 Å². The Kier molecular flexibility index (Phi) is 4.65. The highest BCUT2D eigenvalue weighted by atomic mass is 32.2. The summed E-state index contributed by atoms with van der Waals surface area (Å²) < 4.78 is 63.6. The summed E-state index contributed by atoms with van der Waals surface area (Å²) >= 11 is 0. The lowest BCUT2D eigenvalue weighted by Gasteiger charge is -2.12. The van der Waals surface area contributed by atoms with Crippen molar-refractivity contribution >= 4 is 26.7 Å². The van der Waals surface area contributed by atoms with Gasteiger partial charge in [0, 0.05) is 19.0 Å². The van der Waals surface area contributed by atoms with Gasteiger partial charge in [0.2, 0.25) is 0 Å². The molecule has 160 valence electrons. The van der Waals surface area contributed by atoms with Crippen molar-refractivity contribution in [3.8, 4) is 11.4 Å². The second-order valence-corrected chi connectivity index (χ2v) is 8.86. The number of halogens is 2. The largest absolute Gasteiger partial charge is 0.311 e. The summed E-state index contributed by atoms with van der Waals surface area (Å²) in [5.41, 5.74) is -0.230. The Balaban J connectivity index is 1.57. The Morgan fingerprint density at radius 2 is 1.90 bits per heavy atom. The molecule has 31 heavy (non-hydrogen) atoms. The van der Waals surface area contributed by atoms with Crippen molar-refractivity contribution < 1.29 is 21.8 Å². The van der Waals surface area contributed by atoms with Crippen LogP contribution in [0.1, 0.15) is 25.1 Å². The minimum atomic E-state index is -4.27. The van der Waals surface area contributed by atoms with Crippen LogP contribution in [0.5, 0.6) is 0 Å². The van der Waals surface area contributed by atoms with E-state index in [1.807, 2.05) is 0 Å². The number of aromatic nitrogens is 5. The SMILES string of the molecule is O=S(=O)(Nc1cc(-c2nnc3n2CCCCC3)c(F)cc1F)c1cccc2nonc12. The number of hydrogen-bond donors (Lipinski definition) is 1. The number of sulfonamides is 1. The molecule has 1 aliphatic heterocycles. The van der Waals surface area contributed by atoms with Crippen LogP contribution in [-0.2, 0) is 23.0 Å². The van der Waals surface area contributed by atoms with Crippen LogP contribution in [0.2, 0.25) is 0 Å². The number of hydrogen-bond acceptors (Lipinski definition) is 7. The van der Waals surface area contributed by atoms with E-state index >= 15 is 0 Å². The van der Waals surface area contributed by atoms with Gasteiger partial charge in [-0.05, 0) is 41.4 Å². The van der Waals surface area contributed by atoms with E-state index in [1.165, 1.54) is 18.2 Å². The molecule has 0 unspecified atom stereocenters. The average molecular weight is 446 g/mol. The minimum absolute atomic E-state index is 0.000481. The first-order valence-corrected chi connectivity index (χ1v) is 11.1. The van der Waals surface area contributed by atoms with Gasteiger partial charge in [-0.1, -0.05) is 12.5 Å². The molecule has 0 bridgehead atoms. The fourth-order valence-corrected chi connectivity index (χ4v) is 4.89. The number of benzene rings is 2. The van der Waals surface area contributed by atoms with Gasteiger partial charge in [-0.25, -0.2) is 21.8 Å². The molecule has 0 fully saturated rings. The van der Waals surface area contributed by atoms with Gasteiger partial charge in [-0.2, -0.15) is 0 Å². The van der Waals surface area contributed by atoms with Crippen molar-refractivity contribution in [1.82, 2.24) is 25.1 Å². The molecular weight excluding hydrogens is 430 g/mol. The molecule has 0 atom stereocenters. The van der Waals surface area contributed by atoms with Crippen molar-refractivity contribution in [3.63, 3.8) is 0 Å². The zero-order valence-electron chi connectivity index (χ0n) is 16.0. The molecule has 2 aromatic heterocycles. The molecule has 9 nitrogen and oxygen atoms in total. The smallest absolute Gasteiger partial charge is 0.264 e. The number of nitrogens with zero attached hydrogens (tertiary/aromatic N) is 5. The number of fused-ring (bicyclic) bond motifs is 2. The fourth-order valence-electron chi connectivity index (χ4n) is 3.68. The predicted molar refractivity (Wildman–Crippen MR) is 106 cm³/mol. The van der Waals surface area contributed by atoms with Crippen LogP contribution in [0.4, 0.5) is 14.5 Å². The van der Waals surface area contributed by atoms with Gasteiger partial charge < -0.3 is 4.57 Å². The van der Waals surface area contributed by atoms with Gasteiger partial charge in [0.05, 0.1) is 11.3 Å². The Hall–Kier alpha value is -3.41. The van der Waals surface area contributed by atoms with E-state index in [-0.39, 0.29) is 27.3 Å². The topological polar surface area (TPSA) is 116 Å². The van der Waals surface area contributed by atoms with Crippen LogP contribution < -0.4 is 4.72 Å². The first-order chi connectivity index (χ1) is 14.9. The third kappa shape index (κ3) is 3.42. The first kappa shape index (κ1) is 19.5. The summed E-state index contributed by atoms with van der Waals surface area (Å²) in [7, 11) is -4.27. The standard InChI is InChI=1S/C19H16F2N6O3S/c20-12-10-13(21)15(9-11(12)19-23-22-17-7-2-1-3-8-27(17)19)26-31(28,29)16-6-4-5-14-18(16)25-30-24-14/h4-6,9-10,26H,1-3,7-8H2. The lowest BCUT2D eigenvalue weighted by atomic mass is 10.1. The van der Waals surface area contributed by atoms with Crippen LogP contribution in [-0.4, -0.2) is 33.5 Å². The second-order valence-electron chi connectivity index (χ2n) is 7.21. The predicted octanol–water partition coefficient (Wildman–Crippen LogP) is 3.29. The Bertz CT molecular complexity index is 1400. The van der Waals surface area contributed by atoms with E-state index < -0.39 is 27.3 Å². The third-order valence-corrected chi connectivity index (χ3v) is 6.59. The summed E-state index contributed by atoms with van der Waals surface area (Å²) in [6, 6.07) is 5.99. The third-order valence-electron chi connectivity index (χ3n) is 5.19. The zero-order valence-corrected chi connectivity index (χ0v) is 16.9. The van der Waals surface area contributed by atoms with Gasteiger partial charge in [-0.15, -0.1) is 10.2 Å². The zero-order chi connectivity index (χ0) is 21.6. The molecule has 0 saturated heterocycles. The van der Waals surface area contributed by atoms with Gasteiger partial charge in [0.15, 0.2) is 11.3 Å². The quantitative estimate of drug-likeness (QED) is 0.511. The molecule has 12 heteroatoms. The molecule has 0 spiro atoms. The highest BCUT2D eigenvalue weighted by molar-refractivity contribution is 7.93. The van der Waals surface area contributed by atoms with Crippen molar-refractivity contribution in [3.05, 3.63) is 47.8 Å². The minimum Gasteiger partial charge on any atom is -0.311 e. The molecule has 1 aliphatic rings. The molecule has 0 amide bonds. The van der Waals surface area contributed by atoms with E-state index in [0.29, 0.717) is 19.0 Å². The highest BCUT2D eigenvalue weighted by Gasteiger charge is 2.25. The van der Waals surface area contributed by atoms with Crippen molar-refractivity contribution in [2.24, 2.45) is 0 Å².